The second-order valence-corrected chi connectivity index (χ2v) is 9.14. The van der Waals surface area contributed by atoms with Crippen molar-refractivity contribution in [1.29, 1.82) is 10.7 Å². The number of hydrogen-bond donors (Lipinski definition) is 3. The fourth-order valence-electron chi connectivity index (χ4n) is 4.16. The van der Waals surface area contributed by atoms with Crippen LogP contribution >= 0.6 is 0 Å². The molecule has 2 heterocycles. The smallest absolute Gasteiger partial charge is 0.270 e. The van der Waals surface area contributed by atoms with E-state index in [1.54, 1.807) is 32.0 Å². The number of halogens is 2. The third-order valence-corrected chi connectivity index (χ3v) is 6.05. The summed E-state index contributed by atoms with van der Waals surface area (Å²) in [6.45, 7) is 4.05. The van der Waals surface area contributed by atoms with Gasteiger partial charge in [0, 0.05) is 29.5 Å². The van der Waals surface area contributed by atoms with Crippen molar-refractivity contribution in [2.75, 3.05) is 10.2 Å². The standard InChI is InChI=1S/C27H24F2N6O2/c1-14(2)25(36)34-22-10-16(19-9-15(12-30)7-8-17(19)24(31)32)11-23(33-22)35-13-20-18(26(35)37)5-4-6-21(20)27(3,28)29/h4-11,14H,13H2,1-3H3,(H3,31,32)(H,33,34,36). The molecule has 0 radical (unpaired) electrons. The molecule has 4 N–H and O–H groups in total. The van der Waals surface area contributed by atoms with Crippen molar-refractivity contribution in [3.05, 3.63) is 76.3 Å². The molecule has 0 atom stereocenters. The van der Waals surface area contributed by atoms with Gasteiger partial charge in [-0.15, -0.1) is 0 Å². The number of carbonyl (C=O) groups excluding carboxylic acids is 2. The van der Waals surface area contributed by atoms with Crippen LogP contribution in [0.3, 0.4) is 0 Å². The first kappa shape index (κ1) is 25.4. The number of pyridine rings is 1. The summed E-state index contributed by atoms with van der Waals surface area (Å²) < 4.78 is 28.6. The Labute approximate surface area is 212 Å². The van der Waals surface area contributed by atoms with Crippen molar-refractivity contribution < 1.29 is 18.4 Å². The number of carbonyl (C=O) groups is 2. The third-order valence-electron chi connectivity index (χ3n) is 6.05. The zero-order chi connectivity index (χ0) is 27.1. The van der Waals surface area contributed by atoms with Gasteiger partial charge in [0.05, 0.1) is 18.2 Å². The molecule has 10 heteroatoms. The van der Waals surface area contributed by atoms with E-state index in [1.807, 2.05) is 6.07 Å². The Hall–Kier alpha value is -4.65. The second kappa shape index (κ2) is 9.43. The fourth-order valence-corrected chi connectivity index (χ4v) is 4.16. The highest BCUT2D eigenvalue weighted by atomic mass is 19.3. The van der Waals surface area contributed by atoms with E-state index in [9.17, 15) is 23.6 Å². The lowest BCUT2D eigenvalue weighted by atomic mass is 9.97. The van der Waals surface area contributed by atoms with Crippen LogP contribution in [0.2, 0.25) is 0 Å². The average Bonchev–Trinajstić information content (AvgIpc) is 3.19. The minimum Gasteiger partial charge on any atom is -0.384 e. The van der Waals surface area contributed by atoms with Gasteiger partial charge in [0.25, 0.3) is 11.8 Å². The summed E-state index contributed by atoms with van der Waals surface area (Å²) in [4.78, 5) is 31.5. The number of nitrogen functional groups attached to an aromatic ring is 1. The average molecular weight is 503 g/mol. The molecule has 1 aromatic heterocycles. The summed E-state index contributed by atoms with van der Waals surface area (Å²) in [5.41, 5.74) is 7.38. The number of nitrogens with one attached hydrogen (secondary N) is 2. The molecule has 4 rings (SSSR count). The van der Waals surface area contributed by atoms with Crippen molar-refractivity contribution >= 4 is 29.3 Å². The SMILES string of the molecule is CC(C)C(=O)Nc1cc(-c2cc(C#N)ccc2C(=N)N)cc(N2Cc3c(cccc3C(C)(F)F)C2=O)n1. The molecule has 188 valence electrons. The molecular weight excluding hydrogens is 478 g/mol. The predicted molar refractivity (Wildman–Crippen MR) is 135 cm³/mol. The van der Waals surface area contributed by atoms with Crippen LogP contribution in [0.1, 0.15) is 53.4 Å². The maximum atomic E-state index is 14.3. The van der Waals surface area contributed by atoms with Crippen molar-refractivity contribution in [3.63, 3.8) is 0 Å². The van der Waals surface area contributed by atoms with E-state index in [-0.39, 0.29) is 52.5 Å². The number of alkyl halides is 2. The first-order valence-electron chi connectivity index (χ1n) is 11.4. The number of amidine groups is 1. The molecule has 1 aliphatic heterocycles. The Morgan fingerprint density at radius 3 is 2.57 bits per heavy atom. The van der Waals surface area contributed by atoms with Gasteiger partial charge in [-0.2, -0.15) is 5.26 Å². The van der Waals surface area contributed by atoms with Gasteiger partial charge >= 0.3 is 0 Å². The predicted octanol–water partition coefficient (Wildman–Crippen LogP) is 4.77. The molecule has 0 unspecified atom stereocenters. The molecule has 0 spiro atoms. The number of nitrogens with two attached hydrogens (primary N) is 1. The summed E-state index contributed by atoms with van der Waals surface area (Å²) in [6, 6.07) is 13.9. The minimum absolute atomic E-state index is 0.111. The van der Waals surface area contributed by atoms with Crippen LogP contribution in [0, 0.1) is 22.7 Å². The van der Waals surface area contributed by atoms with Crippen LogP contribution in [0.25, 0.3) is 11.1 Å². The topological polar surface area (TPSA) is 136 Å². The van der Waals surface area contributed by atoms with Gasteiger partial charge in [-0.3, -0.25) is 19.9 Å². The number of nitriles is 1. The van der Waals surface area contributed by atoms with Crippen molar-refractivity contribution in [3.8, 4) is 17.2 Å². The van der Waals surface area contributed by atoms with Gasteiger partial charge in [0.2, 0.25) is 5.91 Å². The lowest BCUT2D eigenvalue weighted by Crippen LogP contribution is -2.25. The van der Waals surface area contributed by atoms with Gasteiger partial charge in [-0.05, 0) is 53.1 Å². The number of amides is 2. The molecule has 2 aromatic carbocycles. The molecule has 37 heavy (non-hydrogen) atoms. The van der Waals surface area contributed by atoms with Crippen molar-refractivity contribution in [2.45, 2.75) is 33.2 Å². The van der Waals surface area contributed by atoms with Gasteiger partial charge in [-0.1, -0.05) is 26.0 Å². The Morgan fingerprint density at radius 2 is 1.95 bits per heavy atom. The van der Waals surface area contributed by atoms with Crippen LogP contribution in [-0.4, -0.2) is 22.6 Å². The van der Waals surface area contributed by atoms with Crippen LogP contribution in [0.5, 0.6) is 0 Å². The van der Waals surface area contributed by atoms with E-state index >= 15 is 0 Å². The van der Waals surface area contributed by atoms with E-state index in [0.717, 1.165) is 6.92 Å². The van der Waals surface area contributed by atoms with Gasteiger partial charge in [-0.25, -0.2) is 13.8 Å². The monoisotopic (exact) mass is 502 g/mol. The van der Waals surface area contributed by atoms with Gasteiger partial charge < -0.3 is 11.1 Å². The fraction of sp³-hybridized carbons (Fsp3) is 0.222. The highest BCUT2D eigenvalue weighted by Gasteiger charge is 2.37. The highest BCUT2D eigenvalue weighted by Crippen LogP contribution is 2.38. The maximum Gasteiger partial charge on any atom is 0.270 e. The lowest BCUT2D eigenvalue weighted by molar-refractivity contribution is -0.118. The van der Waals surface area contributed by atoms with E-state index in [1.165, 1.54) is 35.2 Å². The lowest BCUT2D eigenvalue weighted by Gasteiger charge is -2.19. The highest BCUT2D eigenvalue weighted by molar-refractivity contribution is 6.10. The van der Waals surface area contributed by atoms with Crippen molar-refractivity contribution in [2.24, 2.45) is 11.7 Å². The second-order valence-electron chi connectivity index (χ2n) is 9.14. The molecule has 8 nitrogen and oxygen atoms in total. The zero-order valence-electron chi connectivity index (χ0n) is 20.4. The summed E-state index contributed by atoms with van der Waals surface area (Å²) in [7, 11) is 0. The molecule has 1 aliphatic rings. The summed E-state index contributed by atoms with van der Waals surface area (Å²) in [5, 5.41) is 20.1. The largest absolute Gasteiger partial charge is 0.384 e. The number of rotatable bonds is 6. The minimum atomic E-state index is -3.15. The Balaban J connectivity index is 1.89. The molecule has 2 amide bonds. The molecule has 0 saturated carbocycles. The zero-order valence-corrected chi connectivity index (χ0v) is 20.4. The maximum absolute atomic E-state index is 14.3. The Morgan fingerprint density at radius 1 is 1.22 bits per heavy atom. The molecular formula is C27H24F2N6O2. The number of aromatic nitrogens is 1. The number of anilines is 2. The van der Waals surface area contributed by atoms with Crippen LogP contribution < -0.4 is 16.0 Å². The number of hydrogen-bond acceptors (Lipinski definition) is 5. The first-order valence-corrected chi connectivity index (χ1v) is 11.4. The summed E-state index contributed by atoms with van der Waals surface area (Å²) in [5.74, 6) is -4.36. The molecule has 0 aliphatic carbocycles. The van der Waals surface area contributed by atoms with Gasteiger partial charge in [0.15, 0.2) is 0 Å². The summed E-state index contributed by atoms with van der Waals surface area (Å²) >= 11 is 0. The number of fused-ring (bicyclic) bond motifs is 1. The van der Waals surface area contributed by atoms with E-state index in [0.29, 0.717) is 22.3 Å². The van der Waals surface area contributed by atoms with Crippen molar-refractivity contribution in [1.82, 2.24) is 4.98 Å². The van der Waals surface area contributed by atoms with Crippen LogP contribution in [0.15, 0.2) is 48.5 Å². The number of benzene rings is 2. The Bertz CT molecular complexity index is 1490. The summed E-state index contributed by atoms with van der Waals surface area (Å²) in [6.07, 6.45) is 0. The van der Waals surface area contributed by atoms with E-state index in [2.05, 4.69) is 10.3 Å². The van der Waals surface area contributed by atoms with Crippen LogP contribution in [-0.2, 0) is 17.3 Å². The van der Waals surface area contributed by atoms with Crippen LogP contribution in [0.4, 0.5) is 20.4 Å². The van der Waals surface area contributed by atoms with E-state index < -0.39 is 11.8 Å². The van der Waals surface area contributed by atoms with E-state index in [4.69, 9.17) is 11.1 Å². The first-order chi connectivity index (χ1) is 17.4. The Kier molecular flexibility index (Phi) is 6.48. The molecule has 0 fully saturated rings. The molecule has 0 bridgehead atoms. The molecule has 0 saturated heterocycles. The number of nitrogens with zero attached hydrogens (tertiary/aromatic N) is 3. The van der Waals surface area contributed by atoms with Gasteiger partial charge in [0.1, 0.15) is 17.5 Å². The quantitative estimate of drug-likeness (QED) is 0.329. The normalized spacial score (nSPS) is 12.9. The molecule has 3 aromatic rings. The third kappa shape index (κ3) is 4.89.